The van der Waals surface area contributed by atoms with Crippen molar-refractivity contribution in [3.63, 3.8) is 0 Å². The number of hydrogen-bond acceptors (Lipinski definition) is 3. The minimum Gasteiger partial charge on any atom is -0.406 e. The first-order valence-electron chi connectivity index (χ1n) is 8.41. The molecule has 0 radical (unpaired) electrons. The second-order valence-corrected chi connectivity index (χ2v) is 7.08. The lowest BCUT2D eigenvalue weighted by Gasteiger charge is -2.11. The normalized spacial score (nSPS) is 11.8. The van der Waals surface area contributed by atoms with E-state index in [2.05, 4.69) is 30.6 Å². The van der Waals surface area contributed by atoms with Gasteiger partial charge in [-0.05, 0) is 51.8 Å². The standard InChI is InChI=1S/C20H12BrF4N3O/c21-15-3-1-2-14(18(15)22)19-26-16-8-9-28(11-17(16)27-19)10-12-4-6-13(7-5-12)29-20(23,24)25/h1-9,11H,10H2. The molecule has 29 heavy (non-hydrogen) atoms. The van der Waals surface area contributed by atoms with Crippen molar-refractivity contribution in [2.24, 2.45) is 0 Å². The van der Waals surface area contributed by atoms with Crippen molar-refractivity contribution >= 4 is 15.9 Å². The monoisotopic (exact) mass is 465 g/mol. The molecule has 2 aromatic rings. The smallest absolute Gasteiger partial charge is 0.406 e. The van der Waals surface area contributed by atoms with E-state index < -0.39 is 12.2 Å². The molecule has 0 saturated heterocycles. The number of alkyl halides is 3. The third-order valence-corrected chi connectivity index (χ3v) is 4.75. The van der Waals surface area contributed by atoms with Gasteiger partial charge in [0.05, 0.1) is 15.7 Å². The number of benzene rings is 2. The third kappa shape index (κ3) is 4.40. The van der Waals surface area contributed by atoms with Gasteiger partial charge in [-0.1, -0.05) is 18.2 Å². The number of hydrogen-bond donors (Lipinski definition) is 0. The number of aromatic nitrogens is 3. The Morgan fingerprint density at radius 1 is 0.966 bits per heavy atom. The molecule has 148 valence electrons. The molecule has 0 atom stereocenters. The Hall–Kier alpha value is -2.94. The largest absolute Gasteiger partial charge is 0.573 e. The number of nitrogens with zero attached hydrogens (tertiary/aromatic N) is 3. The average molecular weight is 466 g/mol. The van der Waals surface area contributed by atoms with Gasteiger partial charge in [-0.2, -0.15) is 0 Å². The van der Waals surface area contributed by atoms with E-state index in [4.69, 9.17) is 0 Å². The Labute approximate surface area is 171 Å². The highest BCUT2D eigenvalue weighted by Crippen LogP contribution is 2.30. The average Bonchev–Trinajstić information content (AvgIpc) is 3.07. The first kappa shape index (κ1) is 19.4. The number of imidazole rings is 1. The summed E-state index contributed by atoms with van der Waals surface area (Å²) >= 11 is 3.15. The molecule has 2 aliphatic rings. The number of fused-ring (bicyclic) bond motifs is 1. The Morgan fingerprint density at radius 3 is 2.41 bits per heavy atom. The summed E-state index contributed by atoms with van der Waals surface area (Å²) in [6.07, 6.45) is -1.19. The summed E-state index contributed by atoms with van der Waals surface area (Å²) in [6, 6.07) is 12.3. The first-order valence-corrected chi connectivity index (χ1v) is 9.20. The van der Waals surface area contributed by atoms with Crippen LogP contribution in [0.4, 0.5) is 17.6 Å². The quantitative estimate of drug-likeness (QED) is 0.352. The van der Waals surface area contributed by atoms with E-state index in [0.29, 0.717) is 28.0 Å². The minimum atomic E-state index is -4.72. The zero-order chi connectivity index (χ0) is 20.6. The Balaban J connectivity index is 1.57. The number of halogens is 5. The molecule has 2 heterocycles. The molecular weight excluding hydrogens is 454 g/mol. The second kappa shape index (κ2) is 7.47. The van der Waals surface area contributed by atoms with Gasteiger partial charge in [-0.15, -0.1) is 13.2 Å². The number of pyridine rings is 1. The molecular formula is C20H12BrF4N3O. The van der Waals surface area contributed by atoms with Gasteiger partial charge in [0, 0.05) is 18.9 Å². The Kier molecular flexibility index (Phi) is 4.99. The summed E-state index contributed by atoms with van der Waals surface area (Å²) in [5.74, 6) is -0.425. The molecule has 0 bridgehead atoms. The molecule has 4 nitrogen and oxygen atoms in total. The maximum atomic E-state index is 14.3. The maximum absolute atomic E-state index is 14.3. The maximum Gasteiger partial charge on any atom is 0.573 e. The van der Waals surface area contributed by atoms with Crippen LogP contribution in [0, 0.1) is 5.82 Å². The van der Waals surface area contributed by atoms with E-state index in [0.717, 1.165) is 5.56 Å². The van der Waals surface area contributed by atoms with Gasteiger partial charge >= 0.3 is 6.36 Å². The molecule has 0 amide bonds. The third-order valence-electron chi connectivity index (χ3n) is 4.14. The number of rotatable bonds is 4. The highest BCUT2D eigenvalue weighted by molar-refractivity contribution is 9.10. The fourth-order valence-electron chi connectivity index (χ4n) is 2.85. The SMILES string of the molecule is Fc1c(Br)cccc1-c1nc2ccn(Cc3ccc(OC(F)(F)F)cc3)cc-2n1. The van der Waals surface area contributed by atoms with Crippen LogP contribution >= 0.6 is 15.9 Å². The highest BCUT2D eigenvalue weighted by atomic mass is 79.9. The van der Waals surface area contributed by atoms with Crippen LogP contribution in [0.5, 0.6) is 5.75 Å². The summed E-state index contributed by atoms with van der Waals surface area (Å²) in [7, 11) is 0. The van der Waals surface area contributed by atoms with Crippen LogP contribution in [0.2, 0.25) is 0 Å². The summed E-state index contributed by atoms with van der Waals surface area (Å²) in [5, 5.41) is 0. The summed E-state index contributed by atoms with van der Waals surface area (Å²) in [6.45, 7) is 0.412. The lowest BCUT2D eigenvalue weighted by Crippen LogP contribution is -2.17. The molecule has 2 aromatic carbocycles. The molecule has 0 N–H and O–H groups in total. The van der Waals surface area contributed by atoms with Gasteiger partial charge < -0.3 is 9.30 Å². The van der Waals surface area contributed by atoms with Crippen LogP contribution < -0.4 is 4.74 Å². The number of ether oxygens (including phenoxy) is 1. The second-order valence-electron chi connectivity index (χ2n) is 6.23. The van der Waals surface area contributed by atoms with Gasteiger partial charge in [0.15, 0.2) is 5.82 Å². The van der Waals surface area contributed by atoms with Crippen LogP contribution in [-0.2, 0) is 6.54 Å². The fourth-order valence-corrected chi connectivity index (χ4v) is 3.22. The van der Waals surface area contributed by atoms with Crippen molar-refractivity contribution < 1.29 is 22.3 Å². The van der Waals surface area contributed by atoms with E-state index in [1.54, 1.807) is 48.8 Å². The summed E-state index contributed by atoms with van der Waals surface area (Å²) in [5.41, 5.74) is 2.27. The summed E-state index contributed by atoms with van der Waals surface area (Å²) < 4.78 is 57.1. The van der Waals surface area contributed by atoms with Crippen LogP contribution in [0.1, 0.15) is 5.56 Å². The van der Waals surface area contributed by atoms with E-state index in [1.807, 2.05) is 4.57 Å². The van der Waals surface area contributed by atoms with E-state index >= 15 is 0 Å². The van der Waals surface area contributed by atoms with E-state index in [1.165, 1.54) is 12.1 Å². The molecule has 0 spiro atoms. The molecule has 0 aromatic heterocycles. The van der Waals surface area contributed by atoms with Gasteiger partial charge in [0.25, 0.3) is 0 Å². The molecule has 9 heteroatoms. The molecule has 2 aliphatic heterocycles. The van der Waals surface area contributed by atoms with Crippen molar-refractivity contribution in [2.75, 3.05) is 0 Å². The molecule has 4 rings (SSSR count). The van der Waals surface area contributed by atoms with Crippen molar-refractivity contribution in [2.45, 2.75) is 12.9 Å². The van der Waals surface area contributed by atoms with Crippen LogP contribution in [0.25, 0.3) is 22.8 Å². The van der Waals surface area contributed by atoms with Gasteiger partial charge in [-0.3, -0.25) is 0 Å². The van der Waals surface area contributed by atoms with Crippen LogP contribution in [0.15, 0.2) is 65.4 Å². The van der Waals surface area contributed by atoms with Gasteiger partial charge in [0.2, 0.25) is 0 Å². The molecule has 0 fully saturated rings. The highest BCUT2D eigenvalue weighted by Gasteiger charge is 2.30. The topological polar surface area (TPSA) is 39.9 Å². The van der Waals surface area contributed by atoms with E-state index in [9.17, 15) is 17.6 Å². The predicted molar refractivity (Wildman–Crippen MR) is 102 cm³/mol. The van der Waals surface area contributed by atoms with Crippen molar-refractivity contribution in [1.82, 2.24) is 14.5 Å². The zero-order valence-electron chi connectivity index (χ0n) is 14.6. The van der Waals surface area contributed by atoms with Crippen LogP contribution in [0.3, 0.4) is 0 Å². The van der Waals surface area contributed by atoms with E-state index in [-0.39, 0.29) is 11.6 Å². The molecule has 0 aliphatic carbocycles. The van der Waals surface area contributed by atoms with Crippen molar-refractivity contribution in [3.05, 3.63) is 76.8 Å². The molecule has 0 saturated carbocycles. The first-order chi connectivity index (χ1) is 13.8. The lowest BCUT2D eigenvalue weighted by molar-refractivity contribution is -0.274. The predicted octanol–water partition coefficient (Wildman–Crippen LogP) is 5.90. The molecule has 0 unspecified atom stereocenters. The van der Waals surface area contributed by atoms with Gasteiger partial charge in [-0.25, -0.2) is 14.4 Å². The van der Waals surface area contributed by atoms with Crippen LogP contribution in [-0.4, -0.2) is 20.9 Å². The lowest BCUT2D eigenvalue weighted by atomic mass is 10.2. The zero-order valence-corrected chi connectivity index (χ0v) is 16.2. The van der Waals surface area contributed by atoms with Crippen molar-refractivity contribution in [1.29, 1.82) is 0 Å². The van der Waals surface area contributed by atoms with Gasteiger partial charge in [0.1, 0.15) is 17.3 Å². The summed E-state index contributed by atoms with van der Waals surface area (Å²) in [4.78, 5) is 8.77. The minimum absolute atomic E-state index is 0.274. The Bertz CT molecular complexity index is 1130. The van der Waals surface area contributed by atoms with Crippen molar-refractivity contribution in [3.8, 4) is 28.5 Å². The Morgan fingerprint density at radius 2 is 1.69 bits per heavy atom. The fraction of sp³-hybridized carbons (Fsp3) is 0.100.